The van der Waals surface area contributed by atoms with Crippen LogP contribution in [0.1, 0.15) is 74.7 Å². The number of nitrogens with one attached hydrogen (secondary N) is 1. The standard InChI is InChI=1S/C29H41N3O5/c1-29(2,3)26(28(35)32-16-23(36-4)25-24(32)22(33)17-37-25)30-27(34)20-10-8-18(9-11-20)19-12-14-31(15-13-19)21-6-5-7-21/h8-11,19,21,23-26H,5-7,12-17H2,1-4H3,(H,30,34)/t23-,24+,25+,26?/m0/s1. The second-order valence-corrected chi connectivity index (χ2v) is 12.2. The van der Waals surface area contributed by atoms with Crippen LogP contribution < -0.4 is 5.32 Å². The maximum Gasteiger partial charge on any atom is 0.251 e. The van der Waals surface area contributed by atoms with Crippen molar-refractivity contribution in [3.05, 3.63) is 35.4 Å². The number of fused-ring (bicyclic) bond motifs is 1. The van der Waals surface area contributed by atoms with E-state index in [1.54, 1.807) is 12.0 Å². The van der Waals surface area contributed by atoms with Crippen molar-refractivity contribution in [3.63, 3.8) is 0 Å². The summed E-state index contributed by atoms with van der Waals surface area (Å²) in [5.41, 5.74) is 1.26. The molecule has 1 aromatic rings. The Hall–Kier alpha value is -2.29. The lowest BCUT2D eigenvalue weighted by molar-refractivity contribution is -0.140. The van der Waals surface area contributed by atoms with Crippen LogP contribution in [-0.2, 0) is 19.1 Å². The maximum absolute atomic E-state index is 13.7. The number of methoxy groups -OCH3 is 1. The molecule has 4 fully saturated rings. The number of amides is 2. The van der Waals surface area contributed by atoms with E-state index in [0.717, 1.165) is 32.0 Å². The molecule has 1 saturated carbocycles. The normalized spacial score (nSPS) is 28.2. The van der Waals surface area contributed by atoms with Crippen molar-refractivity contribution < 1.29 is 23.9 Å². The molecule has 4 aliphatic rings. The quantitative estimate of drug-likeness (QED) is 0.632. The number of carbonyl (C=O) groups is 3. The molecule has 3 saturated heterocycles. The summed E-state index contributed by atoms with van der Waals surface area (Å²) in [7, 11) is 1.56. The highest BCUT2D eigenvalue weighted by atomic mass is 16.5. The van der Waals surface area contributed by atoms with Gasteiger partial charge in [0.05, 0.1) is 6.54 Å². The van der Waals surface area contributed by atoms with E-state index in [1.807, 2.05) is 32.9 Å². The summed E-state index contributed by atoms with van der Waals surface area (Å²) in [5.74, 6) is -0.150. The Morgan fingerprint density at radius 3 is 2.32 bits per heavy atom. The molecule has 0 radical (unpaired) electrons. The van der Waals surface area contributed by atoms with Gasteiger partial charge in [-0.25, -0.2) is 0 Å². The van der Waals surface area contributed by atoms with E-state index in [1.165, 1.54) is 24.8 Å². The highest BCUT2D eigenvalue weighted by Gasteiger charge is 2.54. The molecular weight excluding hydrogens is 470 g/mol. The first-order chi connectivity index (χ1) is 17.7. The van der Waals surface area contributed by atoms with Gasteiger partial charge in [-0.1, -0.05) is 39.3 Å². The minimum atomic E-state index is -0.792. The molecular formula is C29H41N3O5. The number of piperidine rings is 1. The highest BCUT2D eigenvalue weighted by Crippen LogP contribution is 2.34. The number of nitrogens with zero attached hydrogens (tertiary/aromatic N) is 2. The van der Waals surface area contributed by atoms with Crippen molar-refractivity contribution in [2.45, 2.75) is 89.1 Å². The highest BCUT2D eigenvalue weighted by molar-refractivity contribution is 5.99. The Morgan fingerprint density at radius 2 is 1.76 bits per heavy atom. The van der Waals surface area contributed by atoms with Crippen molar-refractivity contribution in [2.75, 3.05) is 33.4 Å². The van der Waals surface area contributed by atoms with Crippen LogP contribution in [0.5, 0.6) is 0 Å². The lowest BCUT2D eigenvalue weighted by Crippen LogP contribution is -2.57. The first-order valence-electron chi connectivity index (χ1n) is 13.8. The van der Waals surface area contributed by atoms with Crippen molar-refractivity contribution in [1.29, 1.82) is 0 Å². The number of Topliss-reactive ketones (excluding diaryl/α,β-unsaturated/α-hetero) is 1. The topological polar surface area (TPSA) is 88.2 Å². The molecule has 0 bridgehead atoms. The minimum Gasteiger partial charge on any atom is -0.377 e. The van der Waals surface area contributed by atoms with Crippen LogP contribution >= 0.6 is 0 Å². The number of hydrogen-bond donors (Lipinski definition) is 1. The van der Waals surface area contributed by atoms with Crippen LogP contribution in [0.15, 0.2) is 24.3 Å². The smallest absolute Gasteiger partial charge is 0.251 e. The molecule has 202 valence electrons. The van der Waals surface area contributed by atoms with E-state index in [9.17, 15) is 14.4 Å². The average molecular weight is 512 g/mol. The molecule has 3 aliphatic heterocycles. The fraction of sp³-hybridized carbons (Fsp3) is 0.690. The molecule has 4 atom stereocenters. The molecule has 1 unspecified atom stereocenters. The van der Waals surface area contributed by atoms with Crippen molar-refractivity contribution in [1.82, 2.24) is 15.1 Å². The molecule has 1 aromatic carbocycles. The van der Waals surface area contributed by atoms with Gasteiger partial charge in [-0.2, -0.15) is 0 Å². The monoisotopic (exact) mass is 511 g/mol. The Kier molecular flexibility index (Phi) is 7.44. The maximum atomic E-state index is 13.7. The third kappa shape index (κ3) is 5.20. The summed E-state index contributed by atoms with van der Waals surface area (Å²) in [4.78, 5) is 43.7. The van der Waals surface area contributed by atoms with Crippen LogP contribution in [0.25, 0.3) is 0 Å². The Labute approximate surface area is 220 Å². The first-order valence-corrected chi connectivity index (χ1v) is 13.8. The second-order valence-electron chi connectivity index (χ2n) is 12.2. The van der Waals surface area contributed by atoms with E-state index in [2.05, 4.69) is 22.3 Å². The molecule has 8 nitrogen and oxygen atoms in total. The van der Waals surface area contributed by atoms with E-state index >= 15 is 0 Å². The third-order valence-corrected chi connectivity index (χ3v) is 8.88. The van der Waals surface area contributed by atoms with Gasteiger partial charge in [0.25, 0.3) is 5.91 Å². The molecule has 37 heavy (non-hydrogen) atoms. The fourth-order valence-corrected chi connectivity index (χ4v) is 6.33. The molecule has 1 N–H and O–H groups in total. The number of rotatable bonds is 6. The Bertz CT molecular complexity index is 1010. The predicted octanol–water partition coefficient (Wildman–Crippen LogP) is 2.76. The summed E-state index contributed by atoms with van der Waals surface area (Å²) >= 11 is 0. The number of ether oxygens (including phenoxy) is 2. The number of hydrogen-bond acceptors (Lipinski definition) is 6. The lowest BCUT2D eigenvalue weighted by atomic mass is 9.84. The predicted molar refractivity (Wildman–Crippen MR) is 139 cm³/mol. The molecule has 1 aliphatic carbocycles. The number of carbonyl (C=O) groups excluding carboxylic acids is 3. The summed E-state index contributed by atoms with van der Waals surface area (Å²) in [6, 6.07) is 7.22. The zero-order valence-corrected chi connectivity index (χ0v) is 22.6. The average Bonchev–Trinajstić information content (AvgIpc) is 3.41. The van der Waals surface area contributed by atoms with Crippen molar-refractivity contribution in [3.8, 4) is 0 Å². The number of likely N-dealkylation sites (tertiary alicyclic amines) is 2. The van der Waals surface area contributed by atoms with Crippen LogP contribution in [0.4, 0.5) is 0 Å². The zero-order chi connectivity index (χ0) is 26.3. The molecule has 3 heterocycles. The van der Waals surface area contributed by atoms with Crippen LogP contribution in [0, 0.1) is 5.41 Å². The van der Waals surface area contributed by atoms with E-state index in [4.69, 9.17) is 9.47 Å². The van der Waals surface area contributed by atoms with Gasteiger partial charge in [0.1, 0.15) is 30.9 Å². The van der Waals surface area contributed by atoms with Gasteiger partial charge in [-0.3, -0.25) is 14.4 Å². The van der Waals surface area contributed by atoms with Crippen molar-refractivity contribution >= 4 is 17.6 Å². The van der Waals surface area contributed by atoms with E-state index < -0.39 is 23.6 Å². The Morgan fingerprint density at radius 1 is 1.08 bits per heavy atom. The lowest BCUT2D eigenvalue weighted by Gasteiger charge is -2.42. The number of ketones is 1. The summed E-state index contributed by atoms with van der Waals surface area (Å²) in [6.07, 6.45) is 5.58. The van der Waals surface area contributed by atoms with Gasteiger partial charge in [0.15, 0.2) is 5.78 Å². The zero-order valence-electron chi connectivity index (χ0n) is 22.6. The molecule has 0 aromatic heterocycles. The minimum absolute atomic E-state index is 0.0164. The summed E-state index contributed by atoms with van der Waals surface area (Å²) < 4.78 is 11.1. The van der Waals surface area contributed by atoms with Gasteiger partial charge in [-0.05, 0) is 67.8 Å². The largest absolute Gasteiger partial charge is 0.377 e. The summed E-state index contributed by atoms with van der Waals surface area (Å²) in [6.45, 7) is 8.33. The molecule has 5 rings (SSSR count). The van der Waals surface area contributed by atoms with Gasteiger partial charge in [-0.15, -0.1) is 0 Å². The van der Waals surface area contributed by atoms with Crippen LogP contribution in [-0.4, -0.2) is 91.1 Å². The van der Waals surface area contributed by atoms with Crippen molar-refractivity contribution in [2.24, 2.45) is 5.41 Å². The van der Waals surface area contributed by atoms with E-state index in [0.29, 0.717) is 11.5 Å². The second kappa shape index (κ2) is 10.5. The molecule has 8 heteroatoms. The van der Waals surface area contributed by atoms with Gasteiger partial charge < -0.3 is 24.6 Å². The van der Waals surface area contributed by atoms with Gasteiger partial charge in [0.2, 0.25) is 5.91 Å². The van der Waals surface area contributed by atoms with Gasteiger partial charge in [0, 0.05) is 18.7 Å². The van der Waals surface area contributed by atoms with E-state index in [-0.39, 0.29) is 36.9 Å². The fourth-order valence-electron chi connectivity index (χ4n) is 6.33. The van der Waals surface area contributed by atoms with Gasteiger partial charge >= 0.3 is 0 Å². The first kappa shape index (κ1) is 26.3. The van der Waals surface area contributed by atoms with Crippen LogP contribution in [0.3, 0.4) is 0 Å². The summed E-state index contributed by atoms with van der Waals surface area (Å²) in [5, 5.41) is 2.98. The van der Waals surface area contributed by atoms with Crippen LogP contribution in [0.2, 0.25) is 0 Å². The Balaban J connectivity index is 1.24. The molecule has 2 amide bonds. The third-order valence-electron chi connectivity index (χ3n) is 8.88. The number of benzene rings is 1. The SMILES string of the molecule is CO[C@H]1CN(C(=O)C(NC(=O)c2ccc(C3CCN(C4CCC4)CC3)cc2)C(C)(C)C)[C@@H]2C(=O)CO[C@H]12. The molecule has 0 spiro atoms.